The summed E-state index contributed by atoms with van der Waals surface area (Å²) in [4.78, 5) is 25.8. The highest BCUT2D eigenvalue weighted by Crippen LogP contribution is 2.27. The summed E-state index contributed by atoms with van der Waals surface area (Å²) in [6, 6.07) is 20.0. The number of sulfonamides is 1. The summed E-state index contributed by atoms with van der Waals surface area (Å²) < 4.78 is 27.4. The van der Waals surface area contributed by atoms with E-state index in [1.54, 1.807) is 41.8 Å². The summed E-state index contributed by atoms with van der Waals surface area (Å²) >= 11 is 1.17. The normalized spacial score (nSPS) is 16.6. The van der Waals surface area contributed by atoms with Crippen LogP contribution in [0.3, 0.4) is 0 Å². The SMILES string of the molecule is O=C(NCCc1ccccc1)c1ccccc1NC(=O)[C@H]1CCCN(S(=O)(=O)c2cccs2)C1. The molecule has 178 valence electrons. The van der Waals surface area contributed by atoms with Gasteiger partial charge in [-0.25, -0.2) is 8.42 Å². The summed E-state index contributed by atoms with van der Waals surface area (Å²) in [6.45, 7) is 0.991. The molecule has 3 aromatic rings. The van der Waals surface area contributed by atoms with Gasteiger partial charge in [-0.1, -0.05) is 48.5 Å². The summed E-state index contributed by atoms with van der Waals surface area (Å²) in [7, 11) is -3.61. The number of thiophene rings is 1. The van der Waals surface area contributed by atoms with Gasteiger partial charge in [0.15, 0.2) is 0 Å². The molecule has 2 amide bonds. The number of nitrogens with zero attached hydrogens (tertiary/aromatic N) is 1. The molecule has 2 heterocycles. The average Bonchev–Trinajstić information content (AvgIpc) is 3.41. The molecule has 1 fully saturated rings. The Bertz CT molecular complexity index is 1230. The molecule has 9 heteroatoms. The van der Waals surface area contributed by atoms with Gasteiger partial charge < -0.3 is 10.6 Å². The molecule has 1 saturated heterocycles. The molecule has 1 atom stereocenters. The molecule has 1 aliphatic rings. The van der Waals surface area contributed by atoms with Crippen molar-refractivity contribution < 1.29 is 18.0 Å². The number of anilines is 1. The first-order valence-electron chi connectivity index (χ1n) is 11.2. The molecule has 34 heavy (non-hydrogen) atoms. The molecule has 1 aromatic heterocycles. The largest absolute Gasteiger partial charge is 0.352 e. The van der Waals surface area contributed by atoms with Crippen molar-refractivity contribution in [2.75, 3.05) is 25.0 Å². The van der Waals surface area contributed by atoms with Crippen molar-refractivity contribution in [1.82, 2.24) is 9.62 Å². The third-order valence-electron chi connectivity index (χ3n) is 5.82. The van der Waals surface area contributed by atoms with Crippen LogP contribution in [0.2, 0.25) is 0 Å². The van der Waals surface area contributed by atoms with E-state index in [-0.39, 0.29) is 22.6 Å². The fraction of sp³-hybridized carbons (Fsp3) is 0.280. The van der Waals surface area contributed by atoms with Crippen LogP contribution in [0.4, 0.5) is 5.69 Å². The first kappa shape index (κ1) is 24.1. The Hall–Kier alpha value is -3.01. The van der Waals surface area contributed by atoms with Crippen molar-refractivity contribution in [2.45, 2.75) is 23.5 Å². The maximum absolute atomic E-state index is 13.0. The lowest BCUT2D eigenvalue weighted by atomic mass is 9.98. The maximum atomic E-state index is 13.0. The van der Waals surface area contributed by atoms with E-state index in [0.717, 1.165) is 5.56 Å². The zero-order valence-electron chi connectivity index (χ0n) is 18.6. The van der Waals surface area contributed by atoms with Crippen molar-refractivity contribution in [1.29, 1.82) is 0 Å². The topological polar surface area (TPSA) is 95.6 Å². The van der Waals surface area contributed by atoms with E-state index < -0.39 is 15.9 Å². The van der Waals surface area contributed by atoms with Crippen LogP contribution < -0.4 is 10.6 Å². The van der Waals surface area contributed by atoms with Gasteiger partial charge in [-0.05, 0) is 48.4 Å². The van der Waals surface area contributed by atoms with E-state index in [1.807, 2.05) is 30.3 Å². The van der Waals surface area contributed by atoms with Gasteiger partial charge >= 0.3 is 0 Å². The second kappa shape index (κ2) is 10.9. The molecule has 2 N–H and O–H groups in total. The number of benzene rings is 2. The lowest BCUT2D eigenvalue weighted by Crippen LogP contribution is -2.43. The number of amides is 2. The number of rotatable bonds is 8. The van der Waals surface area contributed by atoms with E-state index in [1.165, 1.54) is 15.6 Å². The predicted molar refractivity (Wildman–Crippen MR) is 133 cm³/mol. The highest BCUT2D eigenvalue weighted by molar-refractivity contribution is 7.91. The first-order valence-corrected chi connectivity index (χ1v) is 13.5. The van der Waals surface area contributed by atoms with Crippen LogP contribution in [0.1, 0.15) is 28.8 Å². The van der Waals surface area contributed by atoms with Crippen LogP contribution in [-0.2, 0) is 21.2 Å². The lowest BCUT2D eigenvalue weighted by molar-refractivity contribution is -0.120. The van der Waals surface area contributed by atoms with E-state index >= 15 is 0 Å². The zero-order chi connectivity index (χ0) is 24.0. The Morgan fingerprint density at radius 2 is 1.76 bits per heavy atom. The van der Waals surface area contributed by atoms with Crippen LogP contribution in [0, 0.1) is 5.92 Å². The monoisotopic (exact) mass is 497 g/mol. The molecule has 0 radical (unpaired) electrons. The summed E-state index contributed by atoms with van der Waals surface area (Å²) in [5.74, 6) is -1.04. The molecular formula is C25H27N3O4S2. The second-order valence-corrected chi connectivity index (χ2v) is 11.3. The van der Waals surface area contributed by atoms with Crippen LogP contribution >= 0.6 is 11.3 Å². The molecule has 0 aliphatic carbocycles. The Kier molecular flexibility index (Phi) is 7.77. The Morgan fingerprint density at radius 1 is 1.00 bits per heavy atom. The Balaban J connectivity index is 1.39. The lowest BCUT2D eigenvalue weighted by Gasteiger charge is -2.31. The summed E-state index contributed by atoms with van der Waals surface area (Å²) in [5.41, 5.74) is 1.93. The highest BCUT2D eigenvalue weighted by Gasteiger charge is 2.34. The fourth-order valence-electron chi connectivity index (χ4n) is 4.00. The Labute approximate surface area is 203 Å². The van der Waals surface area contributed by atoms with Crippen LogP contribution in [0.25, 0.3) is 0 Å². The average molecular weight is 498 g/mol. The number of carbonyl (C=O) groups is 2. The third-order valence-corrected chi connectivity index (χ3v) is 9.05. The standard InChI is InChI=1S/C25H27N3O4S2/c29-24(20-10-6-16-28(18-20)34(31,32)23-13-7-17-33-23)27-22-12-5-4-11-21(22)25(30)26-15-14-19-8-2-1-3-9-19/h1-5,7-9,11-13,17,20H,6,10,14-16,18H2,(H,26,30)(H,27,29)/t20-/m0/s1. The fourth-order valence-corrected chi connectivity index (χ4v) is 6.67. The molecule has 1 aliphatic heterocycles. The molecule has 2 aromatic carbocycles. The van der Waals surface area contributed by atoms with E-state index in [9.17, 15) is 18.0 Å². The van der Waals surface area contributed by atoms with E-state index in [2.05, 4.69) is 10.6 Å². The van der Waals surface area contributed by atoms with Crippen LogP contribution in [-0.4, -0.2) is 44.2 Å². The second-order valence-electron chi connectivity index (χ2n) is 8.16. The van der Waals surface area contributed by atoms with Gasteiger partial charge in [0.05, 0.1) is 17.2 Å². The van der Waals surface area contributed by atoms with Crippen molar-refractivity contribution in [3.8, 4) is 0 Å². The summed E-state index contributed by atoms with van der Waals surface area (Å²) in [6.07, 6.45) is 1.90. The van der Waals surface area contributed by atoms with Gasteiger partial charge in [-0.3, -0.25) is 9.59 Å². The highest BCUT2D eigenvalue weighted by atomic mass is 32.2. The van der Waals surface area contributed by atoms with Crippen LogP contribution in [0.15, 0.2) is 76.3 Å². The van der Waals surface area contributed by atoms with Gasteiger partial charge in [0, 0.05) is 19.6 Å². The quantitative estimate of drug-likeness (QED) is 0.495. The van der Waals surface area contributed by atoms with Gasteiger partial charge in [-0.15, -0.1) is 11.3 Å². The van der Waals surface area contributed by atoms with Gasteiger partial charge in [0.1, 0.15) is 4.21 Å². The maximum Gasteiger partial charge on any atom is 0.253 e. The molecule has 0 bridgehead atoms. The predicted octanol–water partition coefficient (Wildman–Crippen LogP) is 3.76. The van der Waals surface area contributed by atoms with Gasteiger partial charge in [0.2, 0.25) is 5.91 Å². The Morgan fingerprint density at radius 3 is 2.53 bits per heavy atom. The number of hydrogen-bond acceptors (Lipinski definition) is 5. The van der Waals surface area contributed by atoms with Crippen LogP contribution in [0.5, 0.6) is 0 Å². The van der Waals surface area contributed by atoms with E-state index in [4.69, 9.17) is 0 Å². The molecule has 0 saturated carbocycles. The number of hydrogen-bond donors (Lipinski definition) is 2. The minimum Gasteiger partial charge on any atom is -0.352 e. The number of piperidine rings is 1. The van der Waals surface area contributed by atoms with Crippen molar-refractivity contribution in [2.24, 2.45) is 5.92 Å². The molecule has 0 unspecified atom stereocenters. The van der Waals surface area contributed by atoms with E-state index in [0.29, 0.717) is 43.6 Å². The van der Waals surface area contributed by atoms with Crippen molar-refractivity contribution >= 4 is 38.9 Å². The molecular weight excluding hydrogens is 470 g/mol. The molecule has 0 spiro atoms. The minimum absolute atomic E-state index is 0.123. The van der Waals surface area contributed by atoms with Gasteiger partial charge in [0.25, 0.3) is 15.9 Å². The minimum atomic E-state index is -3.61. The third kappa shape index (κ3) is 5.72. The molecule has 7 nitrogen and oxygen atoms in total. The van der Waals surface area contributed by atoms with Crippen molar-refractivity contribution in [3.05, 3.63) is 83.2 Å². The molecule has 4 rings (SSSR count). The smallest absolute Gasteiger partial charge is 0.253 e. The van der Waals surface area contributed by atoms with Gasteiger partial charge in [-0.2, -0.15) is 4.31 Å². The number of carbonyl (C=O) groups excluding carboxylic acids is 2. The summed E-state index contributed by atoms with van der Waals surface area (Å²) in [5, 5.41) is 7.49. The van der Waals surface area contributed by atoms with Crippen molar-refractivity contribution in [3.63, 3.8) is 0 Å². The first-order chi connectivity index (χ1) is 16.4. The number of nitrogens with one attached hydrogen (secondary N) is 2. The number of para-hydroxylation sites is 1. The zero-order valence-corrected chi connectivity index (χ0v) is 20.3.